The number of ether oxygens (including phenoxy) is 1. The molecule has 0 spiro atoms. The molecule has 0 atom stereocenters. The Balaban J connectivity index is 1.43. The maximum Gasteiger partial charge on any atom is 0.119 e. The van der Waals surface area contributed by atoms with Crippen molar-refractivity contribution in [1.29, 1.82) is 0 Å². The van der Waals surface area contributed by atoms with Crippen LogP contribution >= 0.6 is 0 Å². The molecular weight excluding hydrogens is 635 g/mol. The van der Waals surface area contributed by atoms with Crippen molar-refractivity contribution in [2.45, 2.75) is 33.1 Å². The molecule has 0 bridgehead atoms. The lowest BCUT2D eigenvalue weighted by molar-refractivity contribution is 0.415. The van der Waals surface area contributed by atoms with Crippen molar-refractivity contribution in [2.75, 3.05) is 7.11 Å². The van der Waals surface area contributed by atoms with E-state index in [1.165, 1.54) is 43.5 Å². The summed E-state index contributed by atoms with van der Waals surface area (Å²) in [5.74, 6) is 0.837. The molecule has 0 fully saturated rings. The third-order valence-electron chi connectivity index (χ3n) is 10.6. The van der Waals surface area contributed by atoms with E-state index in [2.05, 4.69) is 175 Å². The minimum atomic E-state index is 0.0216. The van der Waals surface area contributed by atoms with Crippen molar-refractivity contribution >= 4 is 66.7 Å². The molecule has 6 aromatic carbocycles. The normalized spacial score (nSPS) is 12.3. The monoisotopic (exact) mass is 675 g/mol. The Hall–Kier alpha value is -6.26. The van der Waals surface area contributed by atoms with Gasteiger partial charge in [-0.15, -0.1) is 0 Å². The summed E-state index contributed by atoms with van der Waals surface area (Å²) < 4.78 is 12.8. The topological polar surface area (TPSA) is 24.0 Å². The molecule has 0 unspecified atom stereocenters. The number of hydrogen-bond donors (Lipinski definition) is 0. The van der Waals surface area contributed by atoms with Crippen molar-refractivity contribution < 1.29 is 4.74 Å². The van der Waals surface area contributed by atoms with Gasteiger partial charge >= 0.3 is 0 Å². The Morgan fingerprint density at radius 1 is 0.538 bits per heavy atom. The zero-order chi connectivity index (χ0) is 35.7. The predicted octanol–water partition coefficient (Wildman–Crippen LogP) is 12.8. The van der Waals surface area contributed by atoms with Crippen molar-refractivity contribution in [1.82, 2.24) is 13.7 Å². The Labute approximate surface area is 304 Å². The maximum atomic E-state index is 5.57. The van der Waals surface area contributed by atoms with E-state index in [0.717, 1.165) is 50.6 Å². The van der Waals surface area contributed by atoms with Gasteiger partial charge in [-0.3, -0.25) is 0 Å². The number of aromatic nitrogens is 3. The SMILES string of the molecule is C=Cc1c(/C=C\C)n(-c2ccc3c(c2)c2cc4c(cc2n3-c2ccc(OC)cc2)c2cc(C(C)(C)C)ccc2n4-c2ccccc2)c2ccccc12. The van der Waals surface area contributed by atoms with Gasteiger partial charge in [0.2, 0.25) is 0 Å². The highest BCUT2D eigenvalue weighted by molar-refractivity contribution is 6.19. The number of allylic oxidation sites excluding steroid dienone is 1. The van der Waals surface area contributed by atoms with E-state index < -0.39 is 0 Å². The van der Waals surface area contributed by atoms with E-state index in [-0.39, 0.29) is 5.41 Å². The van der Waals surface area contributed by atoms with Crippen LogP contribution in [0.3, 0.4) is 0 Å². The molecule has 0 saturated heterocycles. The fourth-order valence-electron chi connectivity index (χ4n) is 8.09. The summed E-state index contributed by atoms with van der Waals surface area (Å²) in [7, 11) is 1.72. The molecule has 9 aromatic rings. The van der Waals surface area contributed by atoms with Gasteiger partial charge in [0.1, 0.15) is 5.75 Å². The Bertz CT molecular complexity index is 2870. The molecule has 0 aliphatic rings. The Kier molecular flexibility index (Phi) is 7.27. The van der Waals surface area contributed by atoms with E-state index in [4.69, 9.17) is 4.74 Å². The summed E-state index contributed by atoms with van der Waals surface area (Å²) in [5, 5.41) is 6.07. The minimum Gasteiger partial charge on any atom is -0.497 e. The highest BCUT2D eigenvalue weighted by Gasteiger charge is 2.22. The van der Waals surface area contributed by atoms with E-state index >= 15 is 0 Å². The lowest BCUT2D eigenvalue weighted by atomic mass is 9.86. The van der Waals surface area contributed by atoms with Crippen LogP contribution in [0, 0.1) is 0 Å². The molecule has 9 rings (SSSR count). The average molecular weight is 676 g/mol. The smallest absolute Gasteiger partial charge is 0.119 e. The quantitative estimate of drug-likeness (QED) is 0.172. The van der Waals surface area contributed by atoms with E-state index in [1.54, 1.807) is 7.11 Å². The first kappa shape index (κ1) is 31.7. The van der Waals surface area contributed by atoms with Crippen molar-refractivity contribution in [2.24, 2.45) is 0 Å². The molecule has 0 N–H and O–H groups in total. The third-order valence-corrected chi connectivity index (χ3v) is 10.6. The second kappa shape index (κ2) is 11.9. The molecule has 254 valence electrons. The minimum absolute atomic E-state index is 0.0216. The summed E-state index contributed by atoms with van der Waals surface area (Å²) in [6.07, 6.45) is 6.28. The number of nitrogens with zero attached hydrogens (tertiary/aromatic N) is 3. The zero-order valence-electron chi connectivity index (χ0n) is 30.3. The van der Waals surface area contributed by atoms with Crippen LogP contribution in [-0.2, 0) is 5.41 Å². The molecule has 0 aliphatic heterocycles. The summed E-state index contributed by atoms with van der Waals surface area (Å²) in [4.78, 5) is 0. The summed E-state index contributed by atoms with van der Waals surface area (Å²) in [6, 6.07) is 46.5. The molecular formula is C48H41N3O. The van der Waals surface area contributed by atoms with Crippen LogP contribution in [0.15, 0.2) is 140 Å². The molecule has 0 radical (unpaired) electrons. The van der Waals surface area contributed by atoms with Gasteiger partial charge in [-0.05, 0) is 109 Å². The lowest BCUT2D eigenvalue weighted by Gasteiger charge is -2.19. The van der Waals surface area contributed by atoms with Crippen LogP contribution in [0.4, 0.5) is 0 Å². The Morgan fingerprint density at radius 3 is 1.73 bits per heavy atom. The van der Waals surface area contributed by atoms with Crippen LogP contribution in [0.2, 0.25) is 0 Å². The molecule has 52 heavy (non-hydrogen) atoms. The van der Waals surface area contributed by atoms with E-state index in [9.17, 15) is 0 Å². The van der Waals surface area contributed by atoms with E-state index in [0.29, 0.717) is 0 Å². The standard InChI is InChI=1S/C48H41N3O/c1-7-14-42-36(8-2)37-17-12-13-18-43(37)51(42)34-22-26-45-39(28-34)41-30-46-40(29-47(41)50(45)33-20-23-35(52-6)24-21-33)38-27-31(48(3,4)5)19-25-44(38)49(46)32-15-10-9-11-16-32/h7-30H,2H2,1,3-6H3/b14-7-. The number of methoxy groups -OCH3 is 1. The average Bonchev–Trinajstić information content (AvgIpc) is 3.78. The first-order chi connectivity index (χ1) is 25.3. The number of fused-ring (bicyclic) bond motifs is 7. The lowest BCUT2D eigenvalue weighted by Crippen LogP contribution is -2.10. The second-order valence-corrected chi connectivity index (χ2v) is 14.6. The number of para-hydroxylation sites is 2. The van der Waals surface area contributed by atoms with Crippen LogP contribution in [0.5, 0.6) is 5.75 Å². The molecule has 0 aliphatic carbocycles. The van der Waals surface area contributed by atoms with Gasteiger partial charge in [0.05, 0.1) is 40.4 Å². The fraction of sp³-hybridized carbons (Fsp3) is 0.125. The maximum absolute atomic E-state index is 5.57. The molecule has 4 heteroatoms. The van der Waals surface area contributed by atoms with Gasteiger partial charge in [-0.1, -0.05) is 82.0 Å². The molecule has 4 nitrogen and oxygen atoms in total. The van der Waals surface area contributed by atoms with Gasteiger partial charge in [0, 0.05) is 49.6 Å². The first-order valence-corrected chi connectivity index (χ1v) is 18.0. The zero-order valence-corrected chi connectivity index (χ0v) is 30.3. The summed E-state index contributed by atoms with van der Waals surface area (Å²) in [5.41, 5.74) is 12.8. The van der Waals surface area contributed by atoms with Gasteiger partial charge in [0.25, 0.3) is 0 Å². The fourth-order valence-corrected chi connectivity index (χ4v) is 8.09. The van der Waals surface area contributed by atoms with Crippen LogP contribution in [0.1, 0.15) is 44.5 Å². The highest BCUT2D eigenvalue weighted by Crippen LogP contribution is 2.42. The Morgan fingerprint density at radius 2 is 1.10 bits per heavy atom. The van der Waals surface area contributed by atoms with Crippen molar-refractivity contribution in [3.8, 4) is 22.8 Å². The molecule has 3 aromatic heterocycles. The molecule has 0 amide bonds. The summed E-state index contributed by atoms with van der Waals surface area (Å²) >= 11 is 0. The number of benzene rings is 6. The molecule has 3 heterocycles. The van der Waals surface area contributed by atoms with E-state index in [1.807, 2.05) is 18.2 Å². The van der Waals surface area contributed by atoms with Crippen molar-refractivity contribution in [3.05, 3.63) is 157 Å². The largest absolute Gasteiger partial charge is 0.497 e. The summed E-state index contributed by atoms with van der Waals surface area (Å²) in [6.45, 7) is 13.1. The third kappa shape index (κ3) is 4.75. The van der Waals surface area contributed by atoms with Gasteiger partial charge < -0.3 is 18.4 Å². The van der Waals surface area contributed by atoms with Gasteiger partial charge in [-0.25, -0.2) is 0 Å². The molecule has 0 saturated carbocycles. The van der Waals surface area contributed by atoms with Crippen LogP contribution in [0.25, 0.3) is 83.7 Å². The second-order valence-electron chi connectivity index (χ2n) is 14.6. The van der Waals surface area contributed by atoms with Crippen molar-refractivity contribution in [3.63, 3.8) is 0 Å². The van der Waals surface area contributed by atoms with Gasteiger partial charge in [0.15, 0.2) is 0 Å². The van der Waals surface area contributed by atoms with Crippen LogP contribution in [-0.4, -0.2) is 20.8 Å². The van der Waals surface area contributed by atoms with Gasteiger partial charge in [-0.2, -0.15) is 0 Å². The number of hydrogen-bond acceptors (Lipinski definition) is 1. The van der Waals surface area contributed by atoms with Crippen LogP contribution < -0.4 is 4.74 Å². The highest BCUT2D eigenvalue weighted by atomic mass is 16.5. The first-order valence-electron chi connectivity index (χ1n) is 18.0. The number of rotatable bonds is 6. The predicted molar refractivity (Wildman–Crippen MR) is 222 cm³/mol.